The highest BCUT2D eigenvalue weighted by Crippen LogP contribution is 2.32. The second kappa shape index (κ2) is 15.8. The molecule has 1 saturated carbocycles. The molecule has 2 amide bonds. The number of hydrogen-bond donors (Lipinski definition) is 1. The molecule has 0 bridgehead atoms. The first-order valence-corrected chi connectivity index (χ1v) is 18.1. The maximum absolute atomic E-state index is 14.6. The summed E-state index contributed by atoms with van der Waals surface area (Å²) in [5, 5.41) is 3.38. The minimum Gasteiger partial charge on any atom is -0.495 e. The van der Waals surface area contributed by atoms with Crippen LogP contribution in [0.4, 0.5) is 5.69 Å². The summed E-state index contributed by atoms with van der Waals surface area (Å²) in [7, 11) is -2.78. The molecule has 0 radical (unpaired) electrons. The number of hydrogen-bond acceptors (Lipinski definition) is 5. The van der Waals surface area contributed by atoms with E-state index >= 15 is 0 Å². The van der Waals surface area contributed by atoms with Gasteiger partial charge < -0.3 is 15.0 Å². The van der Waals surface area contributed by atoms with E-state index in [0.29, 0.717) is 5.75 Å². The minimum atomic E-state index is -4.24. The van der Waals surface area contributed by atoms with E-state index in [4.69, 9.17) is 16.3 Å². The van der Waals surface area contributed by atoms with Crippen molar-refractivity contribution < 1.29 is 22.7 Å². The van der Waals surface area contributed by atoms with Crippen LogP contribution in [-0.4, -0.2) is 50.9 Å². The Morgan fingerprint density at radius 1 is 0.915 bits per heavy atom. The number of nitrogens with zero attached hydrogens (tertiary/aromatic N) is 2. The zero-order valence-corrected chi connectivity index (χ0v) is 29.2. The summed E-state index contributed by atoms with van der Waals surface area (Å²) >= 11 is 9.92. The Labute approximate surface area is 289 Å². The van der Waals surface area contributed by atoms with Crippen molar-refractivity contribution in [1.29, 1.82) is 0 Å². The SMILES string of the molecule is COc1ccc(N(CC(=O)N(Cc2ccc(Br)cc2)[C@@H](Cc2ccccc2)C(=O)NC2CCCC2)S(=O)(=O)c2ccccc2)cc1Cl. The fourth-order valence-corrected chi connectivity index (χ4v) is 7.71. The van der Waals surface area contributed by atoms with E-state index in [-0.39, 0.29) is 40.5 Å². The van der Waals surface area contributed by atoms with Crippen molar-refractivity contribution in [2.75, 3.05) is 18.0 Å². The van der Waals surface area contributed by atoms with Gasteiger partial charge in [0.2, 0.25) is 11.8 Å². The summed E-state index contributed by atoms with van der Waals surface area (Å²) in [5.74, 6) is -0.444. The van der Waals surface area contributed by atoms with E-state index in [9.17, 15) is 18.0 Å². The molecule has 0 heterocycles. The Balaban J connectivity index is 1.57. The van der Waals surface area contributed by atoms with E-state index in [0.717, 1.165) is 45.6 Å². The molecule has 1 aliphatic carbocycles. The molecule has 0 unspecified atom stereocenters. The molecule has 0 aliphatic heterocycles. The molecule has 11 heteroatoms. The number of amides is 2. The monoisotopic (exact) mass is 737 g/mol. The van der Waals surface area contributed by atoms with Gasteiger partial charge in [-0.1, -0.05) is 101 Å². The predicted octanol–water partition coefficient (Wildman–Crippen LogP) is 7.01. The van der Waals surface area contributed by atoms with Crippen molar-refractivity contribution in [2.45, 2.75) is 55.6 Å². The quantitative estimate of drug-likeness (QED) is 0.159. The zero-order chi connectivity index (χ0) is 33.4. The highest BCUT2D eigenvalue weighted by atomic mass is 79.9. The fraction of sp³-hybridized carbons (Fsp3) is 0.278. The van der Waals surface area contributed by atoms with Gasteiger partial charge >= 0.3 is 0 Å². The number of halogens is 2. The van der Waals surface area contributed by atoms with E-state index < -0.39 is 28.5 Å². The maximum Gasteiger partial charge on any atom is 0.264 e. The number of methoxy groups -OCH3 is 1. The Morgan fingerprint density at radius 2 is 1.55 bits per heavy atom. The first kappa shape index (κ1) is 34.5. The number of nitrogens with one attached hydrogen (secondary N) is 1. The van der Waals surface area contributed by atoms with Gasteiger partial charge in [0.15, 0.2) is 0 Å². The van der Waals surface area contributed by atoms with Gasteiger partial charge in [-0.2, -0.15) is 0 Å². The van der Waals surface area contributed by atoms with E-state index in [1.165, 1.54) is 30.2 Å². The van der Waals surface area contributed by atoms with Crippen LogP contribution in [-0.2, 0) is 32.6 Å². The Hall–Kier alpha value is -3.86. The first-order valence-electron chi connectivity index (χ1n) is 15.5. The minimum absolute atomic E-state index is 0.0130. The van der Waals surface area contributed by atoms with Crippen molar-refractivity contribution in [1.82, 2.24) is 10.2 Å². The molecule has 0 saturated heterocycles. The molecule has 1 atom stereocenters. The molecule has 0 aromatic heterocycles. The standard InChI is InChI=1S/C36H37BrClN3O5S/c1-46-34-21-20-30(23-32(34)38)41(47(44,45)31-14-6-3-7-15-31)25-35(42)40(24-27-16-18-28(37)19-17-27)33(22-26-10-4-2-5-11-26)36(43)39-29-12-8-9-13-29/h2-7,10-11,14-21,23,29,33H,8-9,12-13,22,24-25H2,1H3,(H,39,43)/t33-/m0/s1. The summed E-state index contributed by atoms with van der Waals surface area (Å²) in [6.07, 6.45) is 4.08. The van der Waals surface area contributed by atoms with Crippen LogP contribution in [0.1, 0.15) is 36.8 Å². The summed E-state index contributed by atoms with van der Waals surface area (Å²) in [6, 6.07) is 28.6. The van der Waals surface area contributed by atoms with Gasteiger partial charge in [0.25, 0.3) is 10.0 Å². The lowest BCUT2D eigenvalue weighted by Gasteiger charge is -2.34. The number of ether oxygens (including phenoxy) is 1. The summed E-state index contributed by atoms with van der Waals surface area (Å²) in [5.41, 5.74) is 1.85. The second-order valence-corrected chi connectivity index (χ2v) is 14.7. The number of carbonyl (C=O) groups excluding carboxylic acids is 2. The third-order valence-corrected chi connectivity index (χ3v) is 10.9. The molecular weight excluding hydrogens is 702 g/mol. The average Bonchev–Trinajstić information content (AvgIpc) is 3.59. The predicted molar refractivity (Wildman–Crippen MR) is 188 cm³/mol. The first-order chi connectivity index (χ1) is 22.7. The molecule has 1 fully saturated rings. The van der Waals surface area contributed by atoms with Gasteiger partial charge in [-0.25, -0.2) is 8.42 Å². The van der Waals surface area contributed by atoms with Crippen molar-refractivity contribution >= 4 is 55.1 Å². The Bertz CT molecular complexity index is 1770. The van der Waals surface area contributed by atoms with Crippen LogP contribution in [0.25, 0.3) is 0 Å². The summed E-state index contributed by atoms with van der Waals surface area (Å²) in [4.78, 5) is 30.3. The lowest BCUT2D eigenvalue weighted by atomic mass is 10.0. The smallest absolute Gasteiger partial charge is 0.264 e. The molecular formula is C36H37BrClN3O5S. The van der Waals surface area contributed by atoms with Crippen LogP contribution in [0.5, 0.6) is 5.75 Å². The van der Waals surface area contributed by atoms with Gasteiger partial charge in [0, 0.05) is 23.5 Å². The lowest BCUT2D eigenvalue weighted by Crippen LogP contribution is -2.54. The molecule has 1 aliphatic rings. The Kier molecular flexibility index (Phi) is 11.6. The van der Waals surface area contributed by atoms with Gasteiger partial charge in [0.05, 0.1) is 22.7 Å². The zero-order valence-electron chi connectivity index (χ0n) is 26.0. The van der Waals surface area contributed by atoms with Gasteiger partial charge in [-0.15, -0.1) is 0 Å². The average molecular weight is 739 g/mol. The van der Waals surface area contributed by atoms with Crippen molar-refractivity contribution in [2.24, 2.45) is 0 Å². The van der Waals surface area contributed by atoms with Gasteiger partial charge in [0.1, 0.15) is 18.3 Å². The number of anilines is 1. The number of carbonyl (C=O) groups is 2. The number of sulfonamides is 1. The molecule has 246 valence electrons. The third kappa shape index (κ3) is 8.74. The molecule has 47 heavy (non-hydrogen) atoms. The van der Waals surface area contributed by atoms with Crippen LogP contribution in [0.3, 0.4) is 0 Å². The Morgan fingerprint density at radius 3 is 2.17 bits per heavy atom. The van der Waals surface area contributed by atoms with Crippen molar-refractivity contribution in [3.63, 3.8) is 0 Å². The van der Waals surface area contributed by atoms with Crippen LogP contribution in [0.2, 0.25) is 5.02 Å². The summed E-state index contributed by atoms with van der Waals surface area (Å²) < 4.78 is 35.5. The summed E-state index contributed by atoms with van der Waals surface area (Å²) in [6.45, 7) is -0.483. The fourth-order valence-electron chi connectivity index (χ4n) is 5.77. The highest BCUT2D eigenvalue weighted by molar-refractivity contribution is 9.10. The maximum atomic E-state index is 14.6. The highest BCUT2D eigenvalue weighted by Gasteiger charge is 2.35. The molecule has 4 aromatic carbocycles. The van der Waals surface area contributed by atoms with Crippen molar-refractivity contribution in [3.8, 4) is 5.75 Å². The van der Waals surface area contributed by atoms with Crippen LogP contribution < -0.4 is 14.4 Å². The lowest BCUT2D eigenvalue weighted by molar-refractivity contribution is -0.140. The number of benzene rings is 4. The van der Waals surface area contributed by atoms with Gasteiger partial charge in [-0.05, 0) is 66.4 Å². The van der Waals surface area contributed by atoms with Crippen LogP contribution in [0.15, 0.2) is 112 Å². The van der Waals surface area contributed by atoms with Crippen LogP contribution in [0, 0.1) is 0 Å². The normalized spacial score (nSPS) is 13.9. The molecule has 0 spiro atoms. The number of rotatable bonds is 13. The van der Waals surface area contributed by atoms with E-state index in [1.54, 1.807) is 30.3 Å². The topological polar surface area (TPSA) is 96.0 Å². The van der Waals surface area contributed by atoms with Crippen LogP contribution >= 0.6 is 27.5 Å². The molecule has 5 rings (SSSR count). The van der Waals surface area contributed by atoms with E-state index in [2.05, 4.69) is 21.2 Å². The van der Waals surface area contributed by atoms with Crippen molar-refractivity contribution in [3.05, 3.63) is 124 Å². The van der Waals surface area contributed by atoms with E-state index in [1.807, 2.05) is 54.6 Å². The molecule has 4 aromatic rings. The molecule has 1 N–H and O–H groups in total. The second-order valence-electron chi connectivity index (χ2n) is 11.5. The largest absolute Gasteiger partial charge is 0.495 e. The third-order valence-electron chi connectivity index (χ3n) is 8.27. The van der Waals surface area contributed by atoms with Gasteiger partial charge in [-0.3, -0.25) is 13.9 Å². The molecule has 8 nitrogen and oxygen atoms in total.